The van der Waals surface area contributed by atoms with Gasteiger partial charge in [0, 0.05) is 49.4 Å². The van der Waals surface area contributed by atoms with Crippen molar-refractivity contribution < 1.29 is 9.60 Å². The van der Waals surface area contributed by atoms with Crippen LogP contribution in [0.15, 0.2) is 200 Å². The van der Waals surface area contributed by atoms with Crippen molar-refractivity contribution in [1.82, 2.24) is 13.7 Å². The van der Waals surface area contributed by atoms with Crippen molar-refractivity contribution in [2.45, 2.75) is 33.1 Å². The molecule has 3 heterocycles. The third-order valence-electron chi connectivity index (χ3n) is 12.5. The Morgan fingerprint density at radius 3 is 1.44 bits per heavy atom. The monoisotopic (exact) mass is 802 g/mol. The van der Waals surface area contributed by atoms with Crippen LogP contribution in [0.1, 0.15) is 41.5 Å². The molecule has 0 N–H and O–H groups in total. The summed E-state index contributed by atoms with van der Waals surface area (Å²) in [5.74, 6) is 0. The largest absolute Gasteiger partial charge is 0.309 e. The van der Waals surface area contributed by atoms with Gasteiger partial charge in [-0.25, -0.2) is 0 Å². The predicted octanol–water partition coefficient (Wildman–Crippen LogP) is 15.9. The van der Waals surface area contributed by atoms with Crippen LogP contribution in [0.5, 0.6) is 0 Å². The molecule has 12 rings (SSSR count). The molecule has 0 saturated carbocycles. The Morgan fingerprint density at radius 1 is 0.371 bits per heavy atom. The highest BCUT2D eigenvalue weighted by molar-refractivity contribution is 6.13. The van der Waals surface area contributed by atoms with Gasteiger partial charge in [0.1, 0.15) is 0 Å². The predicted molar refractivity (Wildman–Crippen MR) is 264 cm³/mol. The van der Waals surface area contributed by atoms with Gasteiger partial charge in [0.25, 0.3) is 0 Å². The highest BCUT2D eigenvalue weighted by Crippen LogP contribution is 2.40. The minimum atomic E-state index is -0.423. The number of aromatic nitrogens is 3. The van der Waals surface area contributed by atoms with Crippen molar-refractivity contribution in [2.75, 3.05) is 0 Å². The zero-order valence-corrected chi connectivity index (χ0v) is 34.9. The average molecular weight is 803 g/mol. The highest BCUT2D eigenvalue weighted by atomic mass is 15.0. The Hall–Kier alpha value is -7.62. The molecule has 9 aromatic carbocycles. The molecule has 0 aliphatic heterocycles. The Morgan fingerprint density at radius 2 is 0.839 bits per heavy atom. The molecule has 0 amide bonds. The Bertz CT molecular complexity index is 4120. The van der Waals surface area contributed by atoms with E-state index in [1.54, 1.807) is 4.57 Å². The van der Waals surface area contributed by atoms with E-state index in [1.807, 2.05) is 54.6 Å². The fourth-order valence-corrected chi connectivity index (χ4v) is 9.36. The van der Waals surface area contributed by atoms with Crippen molar-refractivity contribution in [3.8, 4) is 39.3 Å². The smallest absolute Gasteiger partial charge is 0.0645 e. The summed E-state index contributed by atoms with van der Waals surface area (Å²) >= 11 is 0. The minimum absolute atomic E-state index is 0.00318. The van der Waals surface area contributed by atoms with Crippen LogP contribution in [-0.2, 0) is 5.41 Å². The van der Waals surface area contributed by atoms with Gasteiger partial charge in [-0.3, -0.25) is 0 Å². The molecule has 3 aromatic heterocycles. The fourth-order valence-electron chi connectivity index (χ4n) is 9.36. The van der Waals surface area contributed by atoms with Gasteiger partial charge in [0.2, 0.25) is 0 Å². The number of fused-ring (bicyclic) bond motifs is 9. The molecule has 0 saturated heterocycles. The van der Waals surface area contributed by atoms with Crippen molar-refractivity contribution in [3.63, 3.8) is 0 Å². The lowest BCUT2D eigenvalue weighted by Gasteiger charge is -2.19. The first-order valence-electron chi connectivity index (χ1n) is 24.6. The number of nitrogens with zero attached hydrogens (tertiary/aromatic N) is 3. The number of hydrogen-bond donors (Lipinski definition) is 0. The summed E-state index contributed by atoms with van der Waals surface area (Å²) in [5.41, 5.74) is 12.3. The van der Waals surface area contributed by atoms with E-state index in [0.717, 1.165) is 66.1 Å². The van der Waals surface area contributed by atoms with Gasteiger partial charge in [0.15, 0.2) is 0 Å². The molecule has 0 fully saturated rings. The van der Waals surface area contributed by atoms with E-state index >= 15 is 0 Å². The number of hydrogen-bond acceptors (Lipinski definition) is 0. The summed E-state index contributed by atoms with van der Waals surface area (Å²) in [6.07, 6.45) is 0. The number of rotatable bonds is 5. The van der Waals surface area contributed by atoms with E-state index < -0.39 is 12.1 Å². The standard InChI is InChI=1S/C59H45N3/c1-38-17-26-44(27-18-38)60-53-14-8-5-11-47(53)50-35-40(21-32-56(50)60)39-19-28-45(29-20-39)61-54-15-9-6-12-48(54)51-36-41(22-33-57(51)61)42-23-34-58-52(37-42)49-13-7-10-16-55(49)62(58)46-30-24-43(25-31-46)59(2,3)4/h5-37H,1-4H3/i6D,9D,12D,15D,22D,33D,36D. The molecule has 0 bridgehead atoms. The Labute approximate surface area is 371 Å². The zero-order valence-electron chi connectivity index (χ0n) is 41.9. The molecular weight excluding hydrogens is 751 g/mol. The van der Waals surface area contributed by atoms with E-state index in [-0.39, 0.29) is 63.0 Å². The quantitative estimate of drug-likeness (QED) is 0.165. The molecule has 3 nitrogen and oxygen atoms in total. The molecule has 0 atom stereocenters. The lowest BCUT2D eigenvalue weighted by molar-refractivity contribution is 0.590. The first kappa shape index (κ1) is 29.6. The molecule has 3 heteroatoms. The number of aryl methyl sites for hydroxylation is 1. The first-order chi connectivity index (χ1) is 33.2. The van der Waals surface area contributed by atoms with Crippen LogP contribution in [0.3, 0.4) is 0 Å². The Kier molecular flexibility index (Phi) is 6.54. The number of benzene rings is 9. The normalized spacial score (nSPS) is 13.8. The van der Waals surface area contributed by atoms with Crippen LogP contribution >= 0.6 is 0 Å². The highest BCUT2D eigenvalue weighted by Gasteiger charge is 2.19. The van der Waals surface area contributed by atoms with Crippen molar-refractivity contribution >= 4 is 65.4 Å². The third-order valence-corrected chi connectivity index (χ3v) is 12.5. The Balaban J connectivity index is 1.02. The molecule has 62 heavy (non-hydrogen) atoms. The fraction of sp³-hybridized carbons (Fsp3) is 0.0847. The van der Waals surface area contributed by atoms with Crippen LogP contribution < -0.4 is 0 Å². The second-order valence-electron chi connectivity index (χ2n) is 17.4. The van der Waals surface area contributed by atoms with Crippen LogP contribution in [0.2, 0.25) is 0 Å². The molecule has 12 aromatic rings. The van der Waals surface area contributed by atoms with Crippen molar-refractivity contribution in [3.05, 3.63) is 211 Å². The van der Waals surface area contributed by atoms with Gasteiger partial charge in [-0.15, -0.1) is 0 Å². The lowest BCUT2D eigenvalue weighted by atomic mass is 9.87. The summed E-state index contributed by atoms with van der Waals surface area (Å²) in [7, 11) is 0. The van der Waals surface area contributed by atoms with Crippen LogP contribution in [0.4, 0.5) is 0 Å². The summed E-state index contributed by atoms with van der Waals surface area (Å²) in [6, 6.07) is 52.0. The van der Waals surface area contributed by atoms with E-state index in [0.29, 0.717) is 11.3 Å². The van der Waals surface area contributed by atoms with Gasteiger partial charge < -0.3 is 13.7 Å². The lowest BCUT2D eigenvalue weighted by Crippen LogP contribution is -2.10. The maximum absolute atomic E-state index is 9.90. The summed E-state index contributed by atoms with van der Waals surface area (Å²) in [5, 5.41) is 4.53. The molecule has 0 spiro atoms. The maximum Gasteiger partial charge on any atom is 0.0645 e. The van der Waals surface area contributed by atoms with Gasteiger partial charge in [-0.05, 0) is 131 Å². The molecule has 0 aliphatic rings. The van der Waals surface area contributed by atoms with Crippen LogP contribution in [-0.4, -0.2) is 13.7 Å². The molecule has 0 radical (unpaired) electrons. The third kappa shape index (κ3) is 5.65. The number of para-hydroxylation sites is 3. The second-order valence-corrected chi connectivity index (χ2v) is 17.4. The SMILES string of the molecule is [2H]c1c([2H])c([2H])c2c(c1[2H])c1c([2H])c(-c3ccc4c(c3)c3ccccc3n4-c3ccc(C(C)(C)C)cc3)c([2H])c([2H])c1n2-c1ccc(-c2ccc3c(c2)c2ccccc2n3-c2ccc(C)cc2)cc1. The van der Waals surface area contributed by atoms with E-state index in [1.165, 1.54) is 11.1 Å². The second kappa shape index (κ2) is 13.7. The van der Waals surface area contributed by atoms with Crippen molar-refractivity contribution in [2.24, 2.45) is 0 Å². The van der Waals surface area contributed by atoms with E-state index in [2.05, 4.69) is 140 Å². The van der Waals surface area contributed by atoms with E-state index in [4.69, 9.17) is 2.74 Å². The molecule has 0 aliphatic carbocycles. The molecule has 296 valence electrons. The van der Waals surface area contributed by atoms with Gasteiger partial charge in [0.05, 0.1) is 42.7 Å². The van der Waals surface area contributed by atoms with Crippen LogP contribution in [0, 0.1) is 6.92 Å². The topological polar surface area (TPSA) is 14.8 Å². The molecule has 0 unspecified atom stereocenters. The summed E-state index contributed by atoms with van der Waals surface area (Å²) in [4.78, 5) is 0. The average Bonchev–Trinajstić information content (AvgIpc) is 4.01. The minimum Gasteiger partial charge on any atom is -0.309 e. The zero-order chi connectivity index (χ0) is 47.8. The maximum atomic E-state index is 9.90. The van der Waals surface area contributed by atoms with Gasteiger partial charge >= 0.3 is 0 Å². The van der Waals surface area contributed by atoms with Crippen LogP contribution in [0.25, 0.3) is 105 Å². The van der Waals surface area contributed by atoms with Crippen molar-refractivity contribution in [1.29, 1.82) is 0 Å². The van der Waals surface area contributed by atoms with Gasteiger partial charge in [-0.2, -0.15) is 0 Å². The summed E-state index contributed by atoms with van der Waals surface area (Å²) < 4.78 is 71.4. The first-order valence-corrected chi connectivity index (χ1v) is 21.1. The van der Waals surface area contributed by atoms with E-state index in [9.17, 15) is 6.85 Å². The van der Waals surface area contributed by atoms with Gasteiger partial charge in [-0.1, -0.05) is 135 Å². The summed E-state index contributed by atoms with van der Waals surface area (Å²) in [6.45, 7) is 8.68. The molecular formula is C59H45N3.